The highest BCUT2D eigenvalue weighted by atomic mass is 35.5. The maximum Gasteiger partial charge on any atom is 0.224 e. The Bertz CT molecular complexity index is 1710. The molecule has 2 atom stereocenters. The summed E-state index contributed by atoms with van der Waals surface area (Å²) in [7, 11) is 1.98. The zero-order valence-corrected chi connectivity index (χ0v) is 23.4. The van der Waals surface area contributed by atoms with Crippen molar-refractivity contribution in [1.82, 2.24) is 29.9 Å². The summed E-state index contributed by atoms with van der Waals surface area (Å²) in [6, 6.07) is 8.09. The Balaban J connectivity index is 1.16. The van der Waals surface area contributed by atoms with Crippen molar-refractivity contribution < 1.29 is 4.79 Å². The fourth-order valence-corrected chi connectivity index (χ4v) is 8.31. The number of thiophene rings is 1. The topological polar surface area (TPSA) is 90.0 Å². The van der Waals surface area contributed by atoms with Crippen molar-refractivity contribution in [3.63, 3.8) is 0 Å². The molecule has 1 unspecified atom stereocenters. The molecule has 3 aliphatic carbocycles. The number of carbonyl (C=O) groups is 1. The molecule has 1 N–H and O–H groups in total. The number of nitrogens with zero attached hydrogens (tertiary/aromatic N) is 6. The van der Waals surface area contributed by atoms with Crippen LogP contribution in [0.5, 0.6) is 0 Å². The summed E-state index contributed by atoms with van der Waals surface area (Å²) in [6.45, 7) is 2.01. The molecule has 4 aliphatic rings. The van der Waals surface area contributed by atoms with Crippen LogP contribution in [0.1, 0.15) is 63.7 Å². The molecule has 4 aromatic rings. The molecule has 8 nitrogen and oxygen atoms in total. The van der Waals surface area contributed by atoms with Crippen LogP contribution in [0.3, 0.4) is 0 Å². The number of aryl methyl sites for hydroxylation is 3. The molecule has 1 aromatic carbocycles. The van der Waals surface area contributed by atoms with Crippen LogP contribution in [0.15, 0.2) is 35.5 Å². The highest BCUT2D eigenvalue weighted by molar-refractivity contribution is 7.15. The van der Waals surface area contributed by atoms with E-state index in [-0.39, 0.29) is 23.4 Å². The van der Waals surface area contributed by atoms with Gasteiger partial charge in [0.15, 0.2) is 5.82 Å². The van der Waals surface area contributed by atoms with Crippen LogP contribution >= 0.6 is 22.9 Å². The number of nitrogens with one attached hydrogen (secondary N) is 1. The second-order valence-electron chi connectivity index (χ2n) is 11.4. The van der Waals surface area contributed by atoms with E-state index >= 15 is 0 Å². The number of aromatic nitrogens is 5. The number of hydrogen-bond donors (Lipinski definition) is 1. The molecule has 1 saturated carbocycles. The molecule has 10 heteroatoms. The molecule has 1 fully saturated rings. The van der Waals surface area contributed by atoms with Crippen molar-refractivity contribution in [3.05, 3.63) is 80.0 Å². The lowest BCUT2D eigenvalue weighted by Gasteiger charge is -2.25. The molecule has 8 rings (SSSR count). The van der Waals surface area contributed by atoms with E-state index in [1.807, 2.05) is 43.0 Å². The molecule has 3 aromatic heterocycles. The first-order chi connectivity index (χ1) is 18.9. The SMILES string of the molecule is Cc1nnc2n1-c1sc3c(c1C(c1ccccc1Cl)=NC21CC1)C[C@H](C(=O)NC1CCc2cnn(C)c2C1)C3. The molecular formula is C29H28ClN7OS. The molecule has 1 amide bonds. The van der Waals surface area contributed by atoms with Crippen LogP contribution in [-0.4, -0.2) is 42.2 Å². The third-order valence-corrected chi connectivity index (χ3v) is 10.5. The fraction of sp³-hybridized carbons (Fsp3) is 0.414. The Labute approximate surface area is 235 Å². The van der Waals surface area contributed by atoms with Gasteiger partial charge in [0.05, 0.1) is 11.9 Å². The molecular weight excluding hydrogens is 530 g/mol. The van der Waals surface area contributed by atoms with Gasteiger partial charge in [-0.05, 0) is 62.6 Å². The van der Waals surface area contributed by atoms with Gasteiger partial charge in [-0.3, -0.25) is 19.0 Å². The van der Waals surface area contributed by atoms with E-state index in [0.29, 0.717) is 11.4 Å². The molecule has 1 spiro atoms. The number of benzene rings is 1. The third-order valence-electron chi connectivity index (χ3n) is 8.88. The van der Waals surface area contributed by atoms with Crippen molar-refractivity contribution in [1.29, 1.82) is 0 Å². The van der Waals surface area contributed by atoms with Gasteiger partial charge < -0.3 is 5.32 Å². The summed E-state index contributed by atoms with van der Waals surface area (Å²) in [5, 5.41) is 18.6. The molecule has 198 valence electrons. The zero-order valence-electron chi connectivity index (χ0n) is 21.9. The smallest absolute Gasteiger partial charge is 0.224 e. The Kier molecular flexibility index (Phi) is 5.05. The molecule has 0 saturated heterocycles. The normalized spacial score (nSPS) is 22.0. The van der Waals surface area contributed by atoms with Crippen molar-refractivity contribution in [3.8, 4) is 5.00 Å². The summed E-state index contributed by atoms with van der Waals surface area (Å²) < 4.78 is 4.15. The number of hydrogen-bond acceptors (Lipinski definition) is 6. The summed E-state index contributed by atoms with van der Waals surface area (Å²) in [5.41, 5.74) is 6.36. The maximum absolute atomic E-state index is 13.6. The van der Waals surface area contributed by atoms with Gasteiger partial charge in [-0.1, -0.05) is 29.8 Å². The average molecular weight is 558 g/mol. The summed E-state index contributed by atoms with van der Waals surface area (Å²) in [4.78, 5) is 20.2. The zero-order chi connectivity index (χ0) is 26.5. The van der Waals surface area contributed by atoms with Crippen molar-refractivity contribution in [2.45, 2.75) is 63.5 Å². The van der Waals surface area contributed by atoms with Crippen molar-refractivity contribution in [2.24, 2.45) is 18.0 Å². The Morgan fingerprint density at radius 1 is 1.18 bits per heavy atom. The van der Waals surface area contributed by atoms with Crippen LogP contribution in [0.2, 0.25) is 5.02 Å². The molecule has 1 aliphatic heterocycles. The van der Waals surface area contributed by atoms with E-state index in [4.69, 9.17) is 16.6 Å². The van der Waals surface area contributed by atoms with Gasteiger partial charge in [0.2, 0.25) is 5.91 Å². The number of amides is 1. The molecule has 4 heterocycles. The molecule has 39 heavy (non-hydrogen) atoms. The van der Waals surface area contributed by atoms with Crippen LogP contribution in [0.25, 0.3) is 5.00 Å². The van der Waals surface area contributed by atoms with Crippen LogP contribution < -0.4 is 5.32 Å². The van der Waals surface area contributed by atoms with E-state index in [2.05, 4.69) is 31.2 Å². The highest BCUT2D eigenvalue weighted by Crippen LogP contribution is 2.54. The largest absolute Gasteiger partial charge is 0.353 e. The minimum Gasteiger partial charge on any atom is -0.353 e. The predicted molar refractivity (Wildman–Crippen MR) is 150 cm³/mol. The second-order valence-corrected chi connectivity index (χ2v) is 12.8. The fourth-order valence-electron chi connectivity index (χ4n) is 6.62. The number of aliphatic imine (C=N–C) groups is 1. The minimum absolute atomic E-state index is 0.0865. The first kappa shape index (κ1) is 23.6. The maximum atomic E-state index is 13.6. The predicted octanol–water partition coefficient (Wildman–Crippen LogP) is 4.25. The Morgan fingerprint density at radius 2 is 2.03 bits per heavy atom. The van der Waals surface area contributed by atoms with Gasteiger partial charge in [0.1, 0.15) is 16.4 Å². The van der Waals surface area contributed by atoms with Gasteiger partial charge in [0.25, 0.3) is 0 Å². The molecule has 0 bridgehead atoms. The molecule has 0 radical (unpaired) electrons. The number of rotatable bonds is 3. The lowest BCUT2D eigenvalue weighted by atomic mass is 9.92. The summed E-state index contributed by atoms with van der Waals surface area (Å²) in [6.07, 6.45) is 8.03. The Hall–Kier alpha value is -3.30. The van der Waals surface area contributed by atoms with E-state index in [0.717, 1.165) is 72.0 Å². The van der Waals surface area contributed by atoms with E-state index < -0.39 is 0 Å². The van der Waals surface area contributed by atoms with E-state index in [9.17, 15) is 4.79 Å². The first-order valence-electron chi connectivity index (χ1n) is 13.6. The van der Waals surface area contributed by atoms with Crippen LogP contribution in [-0.2, 0) is 43.1 Å². The van der Waals surface area contributed by atoms with Crippen LogP contribution in [0.4, 0.5) is 0 Å². The number of fused-ring (bicyclic) bond motifs is 7. The average Bonchev–Trinajstić information content (AvgIpc) is 3.19. The number of halogens is 1. The van der Waals surface area contributed by atoms with Crippen molar-refractivity contribution in [2.75, 3.05) is 0 Å². The quantitative estimate of drug-likeness (QED) is 0.408. The minimum atomic E-state index is -0.359. The Morgan fingerprint density at radius 3 is 2.85 bits per heavy atom. The standard InChI is InChI=1S/C29H28ClN7OS/c1-15-34-35-28-29(9-10-29)33-25(19-5-3-4-6-21(19)30)24-20-11-17(12-23(20)39-27(24)37(15)28)26(38)32-18-8-7-16-14-31-36(2)22(16)13-18/h3-6,14,17-18H,7-13H2,1-2H3,(H,32,38)/t17-,18?/m0/s1. The van der Waals surface area contributed by atoms with E-state index in [1.165, 1.54) is 21.7 Å². The van der Waals surface area contributed by atoms with Crippen LogP contribution in [0, 0.1) is 12.8 Å². The third kappa shape index (κ3) is 3.52. The first-order valence-corrected chi connectivity index (χ1v) is 14.8. The van der Waals surface area contributed by atoms with Gasteiger partial charge in [0, 0.05) is 52.1 Å². The van der Waals surface area contributed by atoms with Crippen molar-refractivity contribution >= 4 is 34.6 Å². The van der Waals surface area contributed by atoms with Gasteiger partial charge >= 0.3 is 0 Å². The lowest BCUT2D eigenvalue weighted by molar-refractivity contribution is -0.125. The number of carbonyl (C=O) groups excluding carboxylic acids is 1. The van der Waals surface area contributed by atoms with Gasteiger partial charge in [-0.25, -0.2) is 0 Å². The van der Waals surface area contributed by atoms with Gasteiger partial charge in [-0.2, -0.15) is 5.10 Å². The summed E-state index contributed by atoms with van der Waals surface area (Å²) >= 11 is 8.53. The monoisotopic (exact) mass is 557 g/mol. The second kappa shape index (κ2) is 8.35. The van der Waals surface area contributed by atoms with E-state index in [1.54, 1.807) is 11.3 Å². The summed E-state index contributed by atoms with van der Waals surface area (Å²) in [5.74, 6) is 1.85. The lowest BCUT2D eigenvalue weighted by Crippen LogP contribution is -2.42. The highest BCUT2D eigenvalue weighted by Gasteiger charge is 2.52. The van der Waals surface area contributed by atoms with Gasteiger partial charge in [-0.15, -0.1) is 21.5 Å².